The molecular formula is C21H28N2O2. The lowest BCUT2D eigenvalue weighted by molar-refractivity contribution is -0.116. The number of amides is 1. The highest BCUT2D eigenvalue weighted by atomic mass is 16.3. The topological polar surface area (TPSA) is 52.6 Å². The summed E-state index contributed by atoms with van der Waals surface area (Å²) in [6.07, 6.45) is 0.623. The molecule has 0 bridgehead atoms. The molecule has 4 heteroatoms. The van der Waals surface area contributed by atoms with E-state index >= 15 is 0 Å². The van der Waals surface area contributed by atoms with Gasteiger partial charge in [-0.1, -0.05) is 36.4 Å². The number of nitrogens with one attached hydrogen (secondary N) is 1. The third-order valence-corrected chi connectivity index (χ3v) is 4.48. The number of hydrogen-bond donors (Lipinski definition) is 2. The molecule has 2 rings (SSSR count). The molecule has 2 aromatic rings. The average molecular weight is 340 g/mol. The fourth-order valence-electron chi connectivity index (χ4n) is 2.63. The molecule has 134 valence electrons. The molecule has 0 spiro atoms. The van der Waals surface area contributed by atoms with Crippen LogP contribution in [-0.2, 0) is 4.79 Å². The highest BCUT2D eigenvalue weighted by molar-refractivity contribution is 5.90. The molecule has 0 heterocycles. The summed E-state index contributed by atoms with van der Waals surface area (Å²) >= 11 is 0. The van der Waals surface area contributed by atoms with E-state index in [1.54, 1.807) is 0 Å². The predicted octanol–water partition coefficient (Wildman–Crippen LogP) is 3.69. The molecule has 0 aliphatic rings. The normalized spacial score (nSPS) is 12.2. The van der Waals surface area contributed by atoms with Crippen LogP contribution in [0.3, 0.4) is 0 Å². The molecule has 0 aliphatic carbocycles. The van der Waals surface area contributed by atoms with E-state index in [9.17, 15) is 9.90 Å². The van der Waals surface area contributed by atoms with E-state index in [4.69, 9.17) is 0 Å². The van der Waals surface area contributed by atoms with E-state index in [0.717, 1.165) is 17.8 Å². The van der Waals surface area contributed by atoms with Crippen molar-refractivity contribution < 1.29 is 9.90 Å². The van der Waals surface area contributed by atoms with Crippen molar-refractivity contribution in [3.63, 3.8) is 0 Å². The quantitative estimate of drug-likeness (QED) is 0.770. The van der Waals surface area contributed by atoms with Gasteiger partial charge in [0.15, 0.2) is 0 Å². The van der Waals surface area contributed by atoms with Crippen molar-refractivity contribution in [3.05, 3.63) is 65.2 Å². The third-order valence-electron chi connectivity index (χ3n) is 4.48. The average Bonchev–Trinajstić information content (AvgIpc) is 2.61. The van der Waals surface area contributed by atoms with Crippen LogP contribution in [0.4, 0.5) is 5.69 Å². The lowest BCUT2D eigenvalue weighted by Crippen LogP contribution is -2.26. The minimum Gasteiger partial charge on any atom is -0.388 e. The molecule has 25 heavy (non-hydrogen) atoms. The van der Waals surface area contributed by atoms with Crippen molar-refractivity contribution in [2.45, 2.75) is 32.8 Å². The van der Waals surface area contributed by atoms with Crippen LogP contribution in [0.5, 0.6) is 0 Å². The summed E-state index contributed by atoms with van der Waals surface area (Å²) in [5.74, 6) is 0.0127. The van der Waals surface area contributed by atoms with Gasteiger partial charge in [0, 0.05) is 25.2 Å². The van der Waals surface area contributed by atoms with Crippen molar-refractivity contribution in [2.24, 2.45) is 0 Å². The molecule has 1 amide bonds. The molecule has 2 aromatic carbocycles. The number of nitrogens with zero attached hydrogens (tertiary/aromatic N) is 1. The number of rotatable bonds is 8. The maximum Gasteiger partial charge on any atom is 0.225 e. The second-order valence-corrected chi connectivity index (χ2v) is 6.62. The van der Waals surface area contributed by atoms with E-state index in [1.807, 2.05) is 62.5 Å². The number of carbonyl (C=O) groups is 1. The number of aliphatic hydroxyl groups is 1. The summed E-state index contributed by atoms with van der Waals surface area (Å²) in [5.41, 5.74) is 4.16. The molecule has 0 saturated heterocycles. The minimum atomic E-state index is -0.465. The monoisotopic (exact) mass is 340 g/mol. The molecule has 0 aromatic heterocycles. The van der Waals surface area contributed by atoms with Gasteiger partial charge in [-0.2, -0.15) is 0 Å². The molecule has 0 aliphatic heterocycles. The zero-order valence-electron chi connectivity index (χ0n) is 15.3. The van der Waals surface area contributed by atoms with Gasteiger partial charge in [0.05, 0.1) is 6.10 Å². The van der Waals surface area contributed by atoms with Crippen LogP contribution in [0.1, 0.15) is 35.6 Å². The standard InChI is InChI=1S/C21H28N2O2/c1-16-9-10-19(15-17(16)2)22-21(25)12-14-23(3)13-11-20(24)18-7-5-4-6-8-18/h4-10,15,20,24H,11-14H2,1-3H3,(H,22,25)/t20-/m1/s1. The van der Waals surface area contributed by atoms with Crippen molar-refractivity contribution in [1.82, 2.24) is 4.90 Å². The van der Waals surface area contributed by atoms with Gasteiger partial charge in [-0.3, -0.25) is 4.79 Å². The Morgan fingerprint density at radius 1 is 1.08 bits per heavy atom. The fraction of sp³-hybridized carbons (Fsp3) is 0.381. The van der Waals surface area contributed by atoms with Crippen LogP contribution in [-0.4, -0.2) is 36.1 Å². The van der Waals surface area contributed by atoms with Crippen LogP contribution in [0.2, 0.25) is 0 Å². The summed E-state index contributed by atoms with van der Waals surface area (Å²) in [4.78, 5) is 14.2. The van der Waals surface area contributed by atoms with Crippen molar-refractivity contribution in [1.29, 1.82) is 0 Å². The third kappa shape index (κ3) is 6.33. The number of hydrogen-bond acceptors (Lipinski definition) is 3. The van der Waals surface area contributed by atoms with Gasteiger partial charge in [-0.15, -0.1) is 0 Å². The summed E-state index contributed by atoms with van der Waals surface area (Å²) in [7, 11) is 1.97. The van der Waals surface area contributed by atoms with Crippen LogP contribution in [0, 0.1) is 13.8 Å². The Hall–Kier alpha value is -2.17. The van der Waals surface area contributed by atoms with E-state index in [2.05, 4.69) is 17.1 Å². The maximum absolute atomic E-state index is 12.1. The van der Waals surface area contributed by atoms with Gasteiger partial charge < -0.3 is 15.3 Å². The second kappa shape index (κ2) is 9.35. The van der Waals surface area contributed by atoms with Crippen LogP contribution < -0.4 is 5.32 Å². The van der Waals surface area contributed by atoms with E-state index in [0.29, 0.717) is 19.4 Å². The van der Waals surface area contributed by atoms with Crippen molar-refractivity contribution >= 4 is 11.6 Å². The molecule has 0 radical (unpaired) electrons. The summed E-state index contributed by atoms with van der Waals surface area (Å²) in [5, 5.41) is 13.1. The number of carbonyl (C=O) groups excluding carboxylic acids is 1. The fourth-order valence-corrected chi connectivity index (χ4v) is 2.63. The highest BCUT2D eigenvalue weighted by Crippen LogP contribution is 2.16. The Balaban J connectivity index is 1.71. The van der Waals surface area contributed by atoms with Crippen LogP contribution in [0.25, 0.3) is 0 Å². The second-order valence-electron chi connectivity index (χ2n) is 6.62. The largest absolute Gasteiger partial charge is 0.388 e. The lowest BCUT2D eigenvalue weighted by atomic mass is 10.1. The van der Waals surface area contributed by atoms with Gasteiger partial charge >= 0.3 is 0 Å². The number of anilines is 1. The van der Waals surface area contributed by atoms with E-state index in [-0.39, 0.29) is 5.91 Å². The van der Waals surface area contributed by atoms with Gasteiger partial charge in [0.1, 0.15) is 0 Å². The van der Waals surface area contributed by atoms with Crippen LogP contribution >= 0.6 is 0 Å². The Morgan fingerprint density at radius 3 is 2.48 bits per heavy atom. The lowest BCUT2D eigenvalue weighted by Gasteiger charge is -2.19. The Morgan fingerprint density at radius 2 is 1.80 bits per heavy atom. The molecule has 2 N–H and O–H groups in total. The van der Waals surface area contributed by atoms with E-state index < -0.39 is 6.10 Å². The minimum absolute atomic E-state index is 0.0127. The smallest absolute Gasteiger partial charge is 0.225 e. The van der Waals surface area contributed by atoms with E-state index in [1.165, 1.54) is 11.1 Å². The molecule has 0 saturated carbocycles. The first-order chi connectivity index (χ1) is 12.0. The highest BCUT2D eigenvalue weighted by Gasteiger charge is 2.10. The van der Waals surface area contributed by atoms with Gasteiger partial charge in [0.2, 0.25) is 5.91 Å². The molecule has 4 nitrogen and oxygen atoms in total. The molecule has 0 fully saturated rings. The first kappa shape index (κ1) is 19.2. The zero-order chi connectivity index (χ0) is 18.2. The SMILES string of the molecule is Cc1ccc(NC(=O)CCN(C)CC[C@@H](O)c2ccccc2)cc1C. The summed E-state index contributed by atoms with van der Waals surface area (Å²) in [6, 6.07) is 15.6. The first-order valence-corrected chi connectivity index (χ1v) is 8.74. The zero-order valence-corrected chi connectivity index (χ0v) is 15.3. The van der Waals surface area contributed by atoms with Crippen LogP contribution in [0.15, 0.2) is 48.5 Å². The maximum atomic E-state index is 12.1. The first-order valence-electron chi connectivity index (χ1n) is 8.74. The molecule has 1 atom stereocenters. The summed E-state index contributed by atoms with van der Waals surface area (Å²) < 4.78 is 0. The van der Waals surface area contributed by atoms with Gasteiger partial charge in [-0.25, -0.2) is 0 Å². The number of aryl methyl sites for hydroxylation is 2. The summed E-state index contributed by atoms with van der Waals surface area (Å²) in [6.45, 7) is 5.50. The van der Waals surface area contributed by atoms with Crippen molar-refractivity contribution in [2.75, 3.05) is 25.5 Å². The number of aliphatic hydroxyl groups excluding tert-OH is 1. The number of benzene rings is 2. The molecule has 0 unspecified atom stereocenters. The van der Waals surface area contributed by atoms with Gasteiger partial charge in [0.25, 0.3) is 0 Å². The Labute approximate surface area is 150 Å². The molecular weight excluding hydrogens is 312 g/mol. The Bertz CT molecular complexity index is 686. The van der Waals surface area contributed by atoms with Gasteiger partial charge in [-0.05, 0) is 56.1 Å². The Kier molecular flexibility index (Phi) is 7.16. The predicted molar refractivity (Wildman–Crippen MR) is 103 cm³/mol. The van der Waals surface area contributed by atoms with Crippen molar-refractivity contribution in [3.8, 4) is 0 Å².